The summed E-state index contributed by atoms with van der Waals surface area (Å²) in [5.74, 6) is -0.593. The Balaban J connectivity index is 1.33. The number of nitrogens with zero attached hydrogens (tertiary/aromatic N) is 3. The highest BCUT2D eigenvalue weighted by atomic mass is 32.2. The molecule has 2 heterocycles. The number of piperidine rings is 1. The van der Waals surface area contributed by atoms with Crippen molar-refractivity contribution in [2.75, 3.05) is 18.4 Å². The first-order chi connectivity index (χ1) is 16.1. The van der Waals surface area contributed by atoms with Crippen molar-refractivity contribution in [3.63, 3.8) is 0 Å². The molecular weight excluding hydrogens is 469 g/mol. The van der Waals surface area contributed by atoms with E-state index in [2.05, 4.69) is 10.4 Å². The summed E-state index contributed by atoms with van der Waals surface area (Å²) >= 11 is 0. The fourth-order valence-electron chi connectivity index (χ4n) is 3.89. The monoisotopic (exact) mass is 492 g/mol. The van der Waals surface area contributed by atoms with Crippen molar-refractivity contribution in [2.24, 2.45) is 5.92 Å². The number of alkyl halides is 3. The maximum Gasteiger partial charge on any atom is 0.416 e. The lowest BCUT2D eigenvalue weighted by atomic mass is 9.97. The van der Waals surface area contributed by atoms with Crippen molar-refractivity contribution < 1.29 is 26.4 Å². The van der Waals surface area contributed by atoms with E-state index in [1.807, 2.05) is 0 Å². The lowest BCUT2D eigenvalue weighted by Gasteiger charge is -2.30. The lowest BCUT2D eigenvalue weighted by molar-refractivity contribution is -0.137. The van der Waals surface area contributed by atoms with Gasteiger partial charge in [0.05, 0.1) is 28.9 Å². The van der Waals surface area contributed by atoms with E-state index in [-0.39, 0.29) is 36.4 Å². The second kappa shape index (κ2) is 9.59. The molecule has 180 valence electrons. The molecule has 11 heteroatoms. The molecule has 0 spiro atoms. The fraction of sp³-hybridized carbons (Fsp3) is 0.304. The van der Waals surface area contributed by atoms with Crippen LogP contribution in [0.4, 0.5) is 18.9 Å². The summed E-state index contributed by atoms with van der Waals surface area (Å²) in [5.41, 5.74) is 0.130. The Kier molecular flexibility index (Phi) is 6.76. The minimum Gasteiger partial charge on any atom is -0.323 e. The van der Waals surface area contributed by atoms with E-state index in [9.17, 15) is 26.4 Å². The van der Waals surface area contributed by atoms with Gasteiger partial charge in [0.15, 0.2) is 0 Å². The number of hydrogen-bond donors (Lipinski definition) is 1. The van der Waals surface area contributed by atoms with E-state index in [4.69, 9.17) is 0 Å². The van der Waals surface area contributed by atoms with Gasteiger partial charge in [-0.15, -0.1) is 0 Å². The summed E-state index contributed by atoms with van der Waals surface area (Å²) in [6.07, 6.45) is -0.671. The molecule has 0 saturated carbocycles. The topological polar surface area (TPSA) is 84.3 Å². The smallest absolute Gasteiger partial charge is 0.323 e. The summed E-state index contributed by atoms with van der Waals surface area (Å²) in [4.78, 5) is 12.9. The number of anilines is 1. The molecule has 1 amide bonds. The number of nitrogens with one attached hydrogen (secondary N) is 1. The molecular formula is C23H23F3N4O3S. The Morgan fingerprint density at radius 2 is 1.76 bits per heavy atom. The maximum absolute atomic E-state index is 12.9. The normalized spacial score (nSPS) is 15.9. The quantitative estimate of drug-likeness (QED) is 0.564. The third-order valence-electron chi connectivity index (χ3n) is 5.71. The van der Waals surface area contributed by atoms with E-state index in [0.717, 1.165) is 12.1 Å². The first-order valence-corrected chi connectivity index (χ1v) is 12.1. The average Bonchev–Trinajstić information content (AvgIpc) is 3.26. The van der Waals surface area contributed by atoms with Crippen LogP contribution in [0, 0.1) is 5.92 Å². The van der Waals surface area contributed by atoms with Crippen LogP contribution in [0.25, 0.3) is 0 Å². The number of aromatic nitrogens is 2. The first-order valence-electron chi connectivity index (χ1n) is 10.7. The highest BCUT2D eigenvalue weighted by Crippen LogP contribution is 2.30. The summed E-state index contributed by atoms with van der Waals surface area (Å²) < 4.78 is 67.0. The van der Waals surface area contributed by atoms with E-state index < -0.39 is 21.8 Å². The van der Waals surface area contributed by atoms with Gasteiger partial charge in [-0.3, -0.25) is 9.48 Å². The second-order valence-corrected chi connectivity index (χ2v) is 10.0. The number of carbonyl (C=O) groups is 1. The Morgan fingerprint density at radius 1 is 1.06 bits per heavy atom. The summed E-state index contributed by atoms with van der Waals surface area (Å²) in [6, 6.07) is 13.2. The molecule has 0 aliphatic carbocycles. The number of hydrogen-bond acceptors (Lipinski definition) is 4. The van der Waals surface area contributed by atoms with E-state index in [1.165, 1.54) is 21.3 Å². The van der Waals surface area contributed by atoms with Crippen LogP contribution in [0.15, 0.2) is 71.9 Å². The second-order valence-electron chi connectivity index (χ2n) is 8.11. The highest BCUT2D eigenvalue weighted by Gasteiger charge is 2.32. The zero-order valence-electron chi connectivity index (χ0n) is 18.1. The highest BCUT2D eigenvalue weighted by molar-refractivity contribution is 7.89. The lowest BCUT2D eigenvalue weighted by Crippen LogP contribution is -2.41. The Hall–Kier alpha value is -3.18. The van der Waals surface area contributed by atoms with Gasteiger partial charge >= 0.3 is 6.18 Å². The van der Waals surface area contributed by atoms with Crippen molar-refractivity contribution in [3.05, 3.63) is 78.1 Å². The van der Waals surface area contributed by atoms with Crippen molar-refractivity contribution in [2.45, 2.75) is 30.5 Å². The number of halogens is 3. The minimum absolute atomic E-state index is 0.121. The molecule has 0 bridgehead atoms. The molecule has 34 heavy (non-hydrogen) atoms. The number of sulfonamides is 1. The van der Waals surface area contributed by atoms with Crippen LogP contribution >= 0.6 is 0 Å². The number of carbonyl (C=O) groups excluding carboxylic acids is 1. The zero-order chi connectivity index (χ0) is 24.3. The molecule has 7 nitrogen and oxygen atoms in total. The standard InChI is InChI=1S/C23H23F3N4O3S/c24-23(25,26)19-6-4-5-17(13-19)15-29-16-20(14-27-29)28-22(31)18-9-11-30(12-10-18)34(32,33)21-7-2-1-3-8-21/h1-8,13-14,16,18H,9-12,15H2,(H,28,31). The van der Waals surface area contributed by atoms with Gasteiger partial charge < -0.3 is 5.32 Å². The van der Waals surface area contributed by atoms with Crippen molar-refractivity contribution in [1.29, 1.82) is 0 Å². The van der Waals surface area contributed by atoms with E-state index in [1.54, 1.807) is 42.6 Å². The number of rotatable bonds is 6. The largest absolute Gasteiger partial charge is 0.416 e. The van der Waals surface area contributed by atoms with Gasteiger partial charge in [0.25, 0.3) is 0 Å². The van der Waals surface area contributed by atoms with Crippen molar-refractivity contribution >= 4 is 21.6 Å². The van der Waals surface area contributed by atoms with Gasteiger partial charge in [-0.1, -0.05) is 30.3 Å². The molecule has 1 aliphatic heterocycles. The Morgan fingerprint density at radius 3 is 2.44 bits per heavy atom. The SMILES string of the molecule is O=C(Nc1cnn(Cc2cccc(C(F)(F)F)c2)c1)C1CCN(S(=O)(=O)c2ccccc2)CC1. The van der Waals surface area contributed by atoms with Crippen LogP contribution in [0.1, 0.15) is 24.0 Å². The van der Waals surface area contributed by atoms with Crippen LogP contribution in [-0.2, 0) is 27.5 Å². The molecule has 1 saturated heterocycles. The first kappa shape index (κ1) is 24.0. The molecule has 1 aliphatic rings. The van der Waals surface area contributed by atoms with Gasteiger partial charge in [-0.2, -0.15) is 22.6 Å². The van der Waals surface area contributed by atoms with Crippen molar-refractivity contribution in [3.8, 4) is 0 Å². The molecule has 1 fully saturated rings. The maximum atomic E-state index is 12.9. The zero-order valence-corrected chi connectivity index (χ0v) is 18.9. The van der Waals surface area contributed by atoms with Gasteiger partial charge in [-0.05, 0) is 42.7 Å². The van der Waals surface area contributed by atoms with Gasteiger partial charge in [0, 0.05) is 25.2 Å². The molecule has 2 aromatic carbocycles. The Labute approximate surface area is 195 Å². The fourth-order valence-corrected chi connectivity index (χ4v) is 5.38. The summed E-state index contributed by atoms with van der Waals surface area (Å²) in [7, 11) is -3.59. The summed E-state index contributed by atoms with van der Waals surface area (Å²) in [6.45, 7) is 0.601. The van der Waals surface area contributed by atoms with Crippen LogP contribution in [0.3, 0.4) is 0 Å². The van der Waals surface area contributed by atoms with Crippen LogP contribution in [0.5, 0.6) is 0 Å². The van der Waals surface area contributed by atoms with Crippen LogP contribution in [0.2, 0.25) is 0 Å². The number of amides is 1. The molecule has 1 aromatic heterocycles. The van der Waals surface area contributed by atoms with Gasteiger partial charge in [0.1, 0.15) is 0 Å². The van der Waals surface area contributed by atoms with E-state index >= 15 is 0 Å². The Bertz CT molecular complexity index is 1250. The third kappa shape index (κ3) is 5.48. The average molecular weight is 493 g/mol. The van der Waals surface area contributed by atoms with Crippen LogP contribution in [-0.4, -0.2) is 41.5 Å². The molecule has 0 unspecified atom stereocenters. The molecule has 0 radical (unpaired) electrons. The van der Waals surface area contributed by atoms with Crippen molar-refractivity contribution in [1.82, 2.24) is 14.1 Å². The van der Waals surface area contributed by atoms with Crippen LogP contribution < -0.4 is 5.32 Å². The third-order valence-corrected chi connectivity index (χ3v) is 7.62. The summed E-state index contributed by atoms with van der Waals surface area (Å²) in [5, 5.41) is 6.88. The minimum atomic E-state index is -4.42. The predicted octanol–water partition coefficient (Wildman–Crippen LogP) is 3.99. The van der Waals surface area contributed by atoms with Gasteiger partial charge in [0.2, 0.25) is 15.9 Å². The molecule has 0 atom stereocenters. The molecule has 1 N–H and O–H groups in total. The van der Waals surface area contributed by atoms with E-state index in [0.29, 0.717) is 24.1 Å². The molecule has 3 aromatic rings. The predicted molar refractivity (Wildman–Crippen MR) is 119 cm³/mol. The number of benzene rings is 2. The van der Waals surface area contributed by atoms with Gasteiger partial charge in [-0.25, -0.2) is 8.42 Å². The molecule has 4 rings (SSSR count).